The maximum Gasteiger partial charge on any atom is 0.0751 e. The van der Waals surface area contributed by atoms with Crippen molar-refractivity contribution in [3.63, 3.8) is 0 Å². The molecule has 0 aliphatic carbocycles. The van der Waals surface area contributed by atoms with E-state index in [0.29, 0.717) is 23.2 Å². The minimum atomic E-state index is 0.489. The zero-order valence-electron chi connectivity index (χ0n) is 9.82. The molecule has 94 valence electrons. The van der Waals surface area contributed by atoms with Gasteiger partial charge in [-0.05, 0) is 30.9 Å². The molecule has 0 spiro atoms. The van der Waals surface area contributed by atoms with E-state index in [1.54, 1.807) is 0 Å². The lowest BCUT2D eigenvalue weighted by Crippen LogP contribution is -2.20. The van der Waals surface area contributed by atoms with Crippen LogP contribution in [0.1, 0.15) is 18.4 Å². The summed E-state index contributed by atoms with van der Waals surface area (Å²) in [5, 5.41) is 0.678. The highest BCUT2D eigenvalue weighted by molar-refractivity contribution is 6.31. The Bertz CT molecular complexity index is 344. The van der Waals surface area contributed by atoms with Crippen molar-refractivity contribution >= 4 is 17.3 Å². The van der Waals surface area contributed by atoms with Crippen LogP contribution in [-0.4, -0.2) is 19.8 Å². The summed E-state index contributed by atoms with van der Waals surface area (Å²) in [5.74, 6) is 0.604. The van der Waals surface area contributed by atoms with Gasteiger partial charge < -0.3 is 15.2 Å². The second-order valence-electron chi connectivity index (χ2n) is 4.38. The largest absolute Gasteiger partial charge is 0.398 e. The van der Waals surface area contributed by atoms with E-state index in [-0.39, 0.29) is 0 Å². The van der Waals surface area contributed by atoms with Crippen LogP contribution in [-0.2, 0) is 16.1 Å². The number of benzene rings is 1. The Morgan fingerprint density at radius 3 is 2.82 bits per heavy atom. The molecule has 0 radical (unpaired) electrons. The van der Waals surface area contributed by atoms with E-state index in [4.69, 9.17) is 26.8 Å². The molecule has 2 rings (SSSR count). The Balaban J connectivity index is 1.81. The van der Waals surface area contributed by atoms with Gasteiger partial charge >= 0.3 is 0 Å². The molecule has 1 aromatic carbocycles. The van der Waals surface area contributed by atoms with Crippen LogP contribution in [0.3, 0.4) is 0 Å². The predicted octanol–water partition coefficient (Wildman–Crippen LogP) is 2.87. The molecule has 1 aliphatic rings. The van der Waals surface area contributed by atoms with Crippen molar-refractivity contribution in [2.75, 3.05) is 25.6 Å². The van der Waals surface area contributed by atoms with E-state index in [0.717, 1.165) is 38.2 Å². The van der Waals surface area contributed by atoms with Crippen molar-refractivity contribution in [2.24, 2.45) is 5.92 Å². The van der Waals surface area contributed by atoms with Gasteiger partial charge in [-0.25, -0.2) is 0 Å². The number of nitrogens with two attached hydrogens (primary N) is 1. The van der Waals surface area contributed by atoms with Gasteiger partial charge in [0, 0.05) is 29.5 Å². The highest BCUT2D eigenvalue weighted by Gasteiger charge is 2.14. The molecule has 2 N–H and O–H groups in total. The smallest absolute Gasteiger partial charge is 0.0751 e. The number of halogens is 1. The van der Waals surface area contributed by atoms with Gasteiger partial charge in [0.15, 0.2) is 0 Å². The van der Waals surface area contributed by atoms with Gasteiger partial charge in [-0.1, -0.05) is 17.7 Å². The van der Waals surface area contributed by atoms with E-state index in [9.17, 15) is 0 Å². The monoisotopic (exact) mass is 255 g/mol. The lowest BCUT2D eigenvalue weighted by Gasteiger charge is -2.22. The normalized spacial score (nSPS) is 17.2. The maximum atomic E-state index is 6.07. The Kier molecular flexibility index (Phi) is 4.66. The first kappa shape index (κ1) is 12.7. The first-order valence-electron chi connectivity index (χ1n) is 5.95. The van der Waals surface area contributed by atoms with Gasteiger partial charge in [0.05, 0.1) is 13.2 Å². The average Bonchev–Trinajstić information content (AvgIpc) is 2.34. The van der Waals surface area contributed by atoms with Crippen LogP contribution in [0.4, 0.5) is 5.69 Å². The first-order chi connectivity index (χ1) is 8.27. The average molecular weight is 256 g/mol. The second kappa shape index (κ2) is 6.24. The van der Waals surface area contributed by atoms with Crippen molar-refractivity contribution in [1.29, 1.82) is 0 Å². The van der Waals surface area contributed by atoms with Gasteiger partial charge in [0.2, 0.25) is 0 Å². The van der Waals surface area contributed by atoms with Gasteiger partial charge in [-0.2, -0.15) is 0 Å². The van der Waals surface area contributed by atoms with Crippen molar-refractivity contribution in [3.05, 3.63) is 28.8 Å². The van der Waals surface area contributed by atoms with Crippen molar-refractivity contribution in [3.8, 4) is 0 Å². The quantitative estimate of drug-likeness (QED) is 0.842. The summed E-state index contributed by atoms with van der Waals surface area (Å²) in [6.45, 7) is 2.95. The molecular weight excluding hydrogens is 238 g/mol. The minimum Gasteiger partial charge on any atom is -0.398 e. The highest BCUT2D eigenvalue weighted by atomic mass is 35.5. The van der Waals surface area contributed by atoms with E-state index in [2.05, 4.69) is 0 Å². The SMILES string of the molecule is Nc1cccc(Cl)c1COCC1CCOCC1. The van der Waals surface area contributed by atoms with Crippen LogP contribution < -0.4 is 5.73 Å². The molecule has 3 nitrogen and oxygen atoms in total. The van der Waals surface area contributed by atoms with E-state index < -0.39 is 0 Å². The van der Waals surface area contributed by atoms with Crippen LogP contribution in [0.2, 0.25) is 5.02 Å². The molecule has 0 bridgehead atoms. The fraction of sp³-hybridized carbons (Fsp3) is 0.538. The predicted molar refractivity (Wildman–Crippen MR) is 69.1 cm³/mol. The maximum absolute atomic E-state index is 6.07. The summed E-state index contributed by atoms with van der Waals surface area (Å²) in [7, 11) is 0. The summed E-state index contributed by atoms with van der Waals surface area (Å²) < 4.78 is 11.0. The third kappa shape index (κ3) is 3.60. The second-order valence-corrected chi connectivity index (χ2v) is 4.79. The highest BCUT2D eigenvalue weighted by Crippen LogP contribution is 2.23. The number of anilines is 1. The molecule has 1 aliphatic heterocycles. The molecule has 1 heterocycles. The van der Waals surface area contributed by atoms with Crippen LogP contribution in [0, 0.1) is 5.92 Å². The summed E-state index contributed by atoms with van der Waals surface area (Å²) in [5.41, 5.74) is 7.44. The van der Waals surface area contributed by atoms with Crippen LogP contribution in [0.15, 0.2) is 18.2 Å². The van der Waals surface area contributed by atoms with Crippen molar-refractivity contribution in [2.45, 2.75) is 19.4 Å². The molecule has 1 fully saturated rings. The lowest BCUT2D eigenvalue weighted by atomic mass is 10.0. The molecule has 1 saturated heterocycles. The first-order valence-corrected chi connectivity index (χ1v) is 6.33. The Morgan fingerprint density at radius 2 is 2.12 bits per heavy atom. The van der Waals surface area contributed by atoms with Gasteiger partial charge in [0.1, 0.15) is 0 Å². The summed E-state index contributed by atoms with van der Waals surface area (Å²) >= 11 is 6.07. The van der Waals surface area contributed by atoms with Gasteiger partial charge in [0.25, 0.3) is 0 Å². The van der Waals surface area contributed by atoms with Gasteiger partial charge in [-0.15, -0.1) is 0 Å². The molecule has 0 atom stereocenters. The molecule has 17 heavy (non-hydrogen) atoms. The Labute approximate surface area is 107 Å². The van der Waals surface area contributed by atoms with E-state index in [1.165, 1.54) is 0 Å². The van der Waals surface area contributed by atoms with E-state index >= 15 is 0 Å². The Hall–Kier alpha value is -0.770. The molecule has 4 heteroatoms. The molecule has 0 aromatic heterocycles. The number of rotatable bonds is 4. The molecular formula is C13H18ClNO2. The van der Waals surface area contributed by atoms with Crippen LogP contribution in [0.25, 0.3) is 0 Å². The lowest BCUT2D eigenvalue weighted by molar-refractivity contribution is 0.0159. The topological polar surface area (TPSA) is 44.5 Å². The zero-order chi connectivity index (χ0) is 12.1. The molecule has 0 saturated carbocycles. The zero-order valence-corrected chi connectivity index (χ0v) is 10.6. The van der Waals surface area contributed by atoms with E-state index in [1.807, 2.05) is 18.2 Å². The van der Waals surface area contributed by atoms with Crippen LogP contribution in [0.5, 0.6) is 0 Å². The number of hydrogen-bond donors (Lipinski definition) is 1. The molecule has 0 amide bonds. The third-order valence-corrected chi connectivity index (χ3v) is 3.45. The number of nitrogen functional groups attached to an aromatic ring is 1. The van der Waals surface area contributed by atoms with Crippen molar-refractivity contribution in [1.82, 2.24) is 0 Å². The van der Waals surface area contributed by atoms with Gasteiger partial charge in [-0.3, -0.25) is 0 Å². The number of hydrogen-bond acceptors (Lipinski definition) is 3. The summed E-state index contributed by atoms with van der Waals surface area (Å²) in [6.07, 6.45) is 2.16. The van der Waals surface area contributed by atoms with Crippen molar-refractivity contribution < 1.29 is 9.47 Å². The third-order valence-electron chi connectivity index (χ3n) is 3.10. The molecule has 1 aromatic rings. The Morgan fingerprint density at radius 1 is 1.35 bits per heavy atom. The number of ether oxygens (including phenoxy) is 2. The minimum absolute atomic E-state index is 0.489. The molecule has 0 unspecified atom stereocenters. The van der Waals surface area contributed by atoms with Crippen LogP contribution >= 0.6 is 11.6 Å². The summed E-state index contributed by atoms with van der Waals surface area (Å²) in [6, 6.07) is 5.53. The standard InChI is InChI=1S/C13H18ClNO2/c14-12-2-1-3-13(15)11(12)9-17-8-10-4-6-16-7-5-10/h1-3,10H,4-9,15H2. The fourth-order valence-electron chi connectivity index (χ4n) is 1.97. The fourth-order valence-corrected chi connectivity index (χ4v) is 2.20. The summed E-state index contributed by atoms with van der Waals surface area (Å²) in [4.78, 5) is 0.